The Labute approximate surface area is 98.6 Å². The molecule has 1 aromatic rings. The van der Waals surface area contributed by atoms with Crippen LogP contribution in [-0.2, 0) is 4.79 Å². The predicted octanol–water partition coefficient (Wildman–Crippen LogP) is -0.348. The molecule has 1 fully saturated rings. The number of thiocarbonyl (C=S) groups is 1. The van der Waals surface area contributed by atoms with E-state index in [1.54, 1.807) is 6.20 Å². The number of carbonyl (C=O) groups is 1. The molecule has 0 aromatic carbocycles. The second-order valence-corrected chi connectivity index (χ2v) is 3.98. The third kappa shape index (κ3) is 2.27. The highest BCUT2D eigenvalue weighted by molar-refractivity contribution is 7.80. The minimum Gasteiger partial charge on any atom is -0.389 e. The second-order valence-electron chi connectivity index (χ2n) is 3.54. The summed E-state index contributed by atoms with van der Waals surface area (Å²) < 4.78 is 0. The fourth-order valence-corrected chi connectivity index (χ4v) is 1.67. The van der Waals surface area contributed by atoms with E-state index in [9.17, 15) is 4.79 Å². The van der Waals surface area contributed by atoms with Gasteiger partial charge in [-0.3, -0.25) is 4.79 Å². The van der Waals surface area contributed by atoms with Gasteiger partial charge in [0.2, 0.25) is 5.91 Å². The maximum atomic E-state index is 11.2. The fraction of sp³-hybridized carbons (Fsp3) is 0.300. The third-order valence-corrected chi connectivity index (χ3v) is 2.63. The quantitative estimate of drug-likeness (QED) is 0.687. The van der Waals surface area contributed by atoms with E-state index in [0.29, 0.717) is 18.1 Å². The number of nitrogens with zero attached hydrogens (tertiary/aromatic N) is 2. The second kappa shape index (κ2) is 4.44. The third-order valence-electron chi connectivity index (χ3n) is 2.39. The summed E-state index contributed by atoms with van der Waals surface area (Å²) in [5, 5.41) is 2.76. The molecule has 1 saturated heterocycles. The Bertz CT molecular complexity index is 417. The summed E-state index contributed by atoms with van der Waals surface area (Å²) in [5.41, 5.74) is 6.21. The highest BCUT2D eigenvalue weighted by Gasteiger charge is 2.17. The molecular weight excluding hydrogens is 224 g/mol. The SMILES string of the molecule is NC(=S)c1ccc(N2CCNC(=O)C2)nc1. The molecule has 1 aliphatic rings. The molecule has 0 bridgehead atoms. The topological polar surface area (TPSA) is 71.2 Å². The van der Waals surface area contributed by atoms with E-state index in [4.69, 9.17) is 18.0 Å². The van der Waals surface area contributed by atoms with Crippen molar-refractivity contribution in [1.82, 2.24) is 10.3 Å². The predicted molar refractivity (Wildman–Crippen MR) is 65.3 cm³/mol. The van der Waals surface area contributed by atoms with E-state index in [2.05, 4.69) is 10.3 Å². The molecule has 1 amide bonds. The minimum atomic E-state index is 0.0199. The van der Waals surface area contributed by atoms with Crippen molar-refractivity contribution in [2.45, 2.75) is 0 Å². The van der Waals surface area contributed by atoms with Gasteiger partial charge in [0.1, 0.15) is 10.8 Å². The van der Waals surface area contributed by atoms with Crippen molar-refractivity contribution in [3.8, 4) is 0 Å². The van der Waals surface area contributed by atoms with Crippen molar-refractivity contribution in [3.63, 3.8) is 0 Å². The Kier molecular flexibility index (Phi) is 3.00. The van der Waals surface area contributed by atoms with Gasteiger partial charge in [0.15, 0.2) is 0 Å². The average Bonchev–Trinajstić information content (AvgIpc) is 2.29. The number of nitrogens with one attached hydrogen (secondary N) is 1. The summed E-state index contributed by atoms with van der Waals surface area (Å²) >= 11 is 4.84. The normalized spacial score (nSPS) is 15.8. The molecule has 0 spiro atoms. The number of carbonyl (C=O) groups excluding carboxylic acids is 1. The van der Waals surface area contributed by atoms with Gasteiger partial charge in [-0.25, -0.2) is 4.98 Å². The number of nitrogens with two attached hydrogens (primary N) is 1. The van der Waals surface area contributed by atoms with Gasteiger partial charge >= 0.3 is 0 Å². The van der Waals surface area contributed by atoms with Gasteiger partial charge in [0, 0.05) is 24.8 Å². The van der Waals surface area contributed by atoms with Crippen LogP contribution in [-0.4, -0.2) is 35.5 Å². The van der Waals surface area contributed by atoms with Crippen molar-refractivity contribution in [2.24, 2.45) is 5.73 Å². The lowest BCUT2D eigenvalue weighted by Crippen LogP contribution is -2.48. The van der Waals surface area contributed by atoms with E-state index in [-0.39, 0.29) is 5.91 Å². The van der Waals surface area contributed by atoms with Crippen LogP contribution in [0.4, 0.5) is 5.82 Å². The summed E-state index contributed by atoms with van der Waals surface area (Å²) in [7, 11) is 0. The van der Waals surface area contributed by atoms with Gasteiger partial charge in [-0.1, -0.05) is 12.2 Å². The monoisotopic (exact) mass is 236 g/mol. The summed E-state index contributed by atoms with van der Waals surface area (Å²) in [6, 6.07) is 3.64. The molecule has 0 radical (unpaired) electrons. The molecule has 16 heavy (non-hydrogen) atoms. The first kappa shape index (κ1) is 10.8. The molecular formula is C10H12N4OS. The maximum Gasteiger partial charge on any atom is 0.239 e. The molecule has 0 aliphatic carbocycles. The van der Waals surface area contributed by atoms with Crippen LogP contribution >= 0.6 is 12.2 Å². The zero-order valence-electron chi connectivity index (χ0n) is 8.64. The van der Waals surface area contributed by atoms with Crippen molar-refractivity contribution >= 4 is 28.9 Å². The summed E-state index contributed by atoms with van der Waals surface area (Å²) in [5.74, 6) is 0.793. The highest BCUT2D eigenvalue weighted by Crippen LogP contribution is 2.12. The van der Waals surface area contributed by atoms with Crippen LogP contribution in [0.25, 0.3) is 0 Å². The average molecular weight is 236 g/mol. The molecule has 2 heterocycles. The fourth-order valence-electron chi connectivity index (χ4n) is 1.55. The van der Waals surface area contributed by atoms with E-state index < -0.39 is 0 Å². The lowest BCUT2D eigenvalue weighted by atomic mass is 10.2. The van der Waals surface area contributed by atoms with E-state index in [1.165, 1.54) is 0 Å². The molecule has 0 saturated carbocycles. The zero-order valence-corrected chi connectivity index (χ0v) is 9.46. The Morgan fingerprint density at radius 1 is 1.56 bits per heavy atom. The number of amides is 1. The molecule has 84 valence electrons. The largest absolute Gasteiger partial charge is 0.389 e. The summed E-state index contributed by atoms with van der Waals surface area (Å²) in [6.45, 7) is 1.77. The van der Waals surface area contributed by atoms with Gasteiger partial charge < -0.3 is 16.0 Å². The summed E-state index contributed by atoms with van der Waals surface area (Å²) in [4.78, 5) is 17.7. The van der Waals surface area contributed by atoms with Crippen molar-refractivity contribution in [1.29, 1.82) is 0 Å². The number of rotatable bonds is 2. The smallest absolute Gasteiger partial charge is 0.239 e. The maximum absolute atomic E-state index is 11.2. The van der Waals surface area contributed by atoms with E-state index in [0.717, 1.165) is 17.9 Å². The summed E-state index contributed by atoms with van der Waals surface area (Å²) in [6.07, 6.45) is 1.63. The highest BCUT2D eigenvalue weighted by atomic mass is 32.1. The molecule has 3 N–H and O–H groups in total. The van der Waals surface area contributed by atoms with E-state index in [1.807, 2.05) is 17.0 Å². The molecule has 1 aliphatic heterocycles. The number of pyridine rings is 1. The van der Waals surface area contributed by atoms with Crippen molar-refractivity contribution in [3.05, 3.63) is 23.9 Å². The first-order valence-corrected chi connectivity index (χ1v) is 5.35. The van der Waals surface area contributed by atoms with Crippen LogP contribution in [0, 0.1) is 0 Å². The van der Waals surface area contributed by atoms with Crippen LogP contribution < -0.4 is 16.0 Å². The first-order chi connectivity index (χ1) is 7.66. The van der Waals surface area contributed by atoms with Crippen LogP contribution in [0.1, 0.15) is 5.56 Å². The first-order valence-electron chi connectivity index (χ1n) is 4.94. The zero-order chi connectivity index (χ0) is 11.5. The van der Waals surface area contributed by atoms with Gasteiger partial charge in [-0.15, -0.1) is 0 Å². The lowest BCUT2D eigenvalue weighted by molar-refractivity contribution is -0.120. The number of anilines is 1. The lowest BCUT2D eigenvalue weighted by Gasteiger charge is -2.27. The Morgan fingerprint density at radius 3 is 2.94 bits per heavy atom. The van der Waals surface area contributed by atoms with Gasteiger partial charge in [0.25, 0.3) is 0 Å². The van der Waals surface area contributed by atoms with Crippen LogP contribution in [0.15, 0.2) is 18.3 Å². The van der Waals surface area contributed by atoms with Gasteiger partial charge in [0.05, 0.1) is 6.54 Å². The van der Waals surface area contributed by atoms with Crippen LogP contribution in [0.3, 0.4) is 0 Å². The standard InChI is InChI=1S/C10H12N4OS/c11-10(16)7-1-2-8(13-5-7)14-4-3-12-9(15)6-14/h1-2,5H,3-4,6H2,(H2,11,16)(H,12,15). The van der Waals surface area contributed by atoms with E-state index >= 15 is 0 Å². The molecule has 0 atom stereocenters. The van der Waals surface area contributed by atoms with Gasteiger partial charge in [-0.05, 0) is 12.1 Å². The van der Waals surface area contributed by atoms with Gasteiger partial charge in [-0.2, -0.15) is 0 Å². The molecule has 5 nitrogen and oxygen atoms in total. The minimum absolute atomic E-state index is 0.0199. The number of aromatic nitrogens is 1. The molecule has 2 rings (SSSR count). The number of hydrogen-bond donors (Lipinski definition) is 2. The Balaban J connectivity index is 2.14. The van der Waals surface area contributed by atoms with Crippen molar-refractivity contribution in [2.75, 3.05) is 24.5 Å². The van der Waals surface area contributed by atoms with Crippen molar-refractivity contribution < 1.29 is 4.79 Å². The van der Waals surface area contributed by atoms with Crippen LogP contribution in [0.2, 0.25) is 0 Å². The number of piperazine rings is 1. The molecule has 6 heteroatoms. The number of hydrogen-bond acceptors (Lipinski definition) is 4. The van der Waals surface area contributed by atoms with Crippen LogP contribution in [0.5, 0.6) is 0 Å². The Hall–Kier alpha value is -1.69. The molecule has 1 aromatic heterocycles. The Morgan fingerprint density at radius 2 is 2.38 bits per heavy atom. The molecule has 0 unspecified atom stereocenters.